The van der Waals surface area contributed by atoms with Crippen LogP contribution in [0.25, 0.3) is 0 Å². The maximum atomic E-state index is 12.2. The summed E-state index contributed by atoms with van der Waals surface area (Å²) < 4.78 is 5.16. The Labute approximate surface area is 146 Å². The maximum Gasteiger partial charge on any atom is 0.316 e. The maximum absolute atomic E-state index is 12.2. The zero-order valence-corrected chi connectivity index (χ0v) is 15.0. The van der Waals surface area contributed by atoms with Crippen LogP contribution in [0, 0.1) is 0 Å². The molecule has 2 rings (SSSR count). The van der Waals surface area contributed by atoms with Crippen LogP contribution in [-0.2, 0) is 14.3 Å². The summed E-state index contributed by atoms with van der Waals surface area (Å²) in [5, 5.41) is 10.7. The van der Waals surface area contributed by atoms with Crippen molar-refractivity contribution in [1.82, 2.24) is 10.2 Å². The summed E-state index contributed by atoms with van der Waals surface area (Å²) in [5.74, 6) is -0.303. The molecule has 6 nitrogen and oxygen atoms in total. The molecule has 2 aromatic rings. The lowest BCUT2D eigenvalue weighted by molar-refractivity contribution is -0.137. The Bertz CT molecular complexity index is 664. The molecule has 0 fully saturated rings. The number of nitrogens with one attached hydrogen (secondary N) is 1. The molecule has 1 N–H and O–H groups in total. The first-order valence-electron chi connectivity index (χ1n) is 6.64. The highest BCUT2D eigenvalue weighted by molar-refractivity contribution is 8.01. The Morgan fingerprint density at radius 1 is 1.30 bits per heavy atom. The molecular weight excluding hydrogens is 354 g/mol. The van der Waals surface area contributed by atoms with Gasteiger partial charge in [-0.3, -0.25) is 14.9 Å². The van der Waals surface area contributed by atoms with Crippen LogP contribution in [0.15, 0.2) is 39.6 Å². The average molecular weight is 369 g/mol. The number of carbonyl (C=O) groups excluding carboxylic acids is 2. The SMILES string of the molecule is COC(=O)CSc1nnc(NC(=O)C(C)Sc2ccccc2)s1. The molecule has 1 heterocycles. The Hall–Kier alpha value is -1.58. The molecule has 1 aromatic carbocycles. The first-order valence-corrected chi connectivity index (χ1v) is 9.32. The van der Waals surface area contributed by atoms with Crippen molar-refractivity contribution in [3.8, 4) is 0 Å². The first-order chi connectivity index (χ1) is 11.1. The zero-order chi connectivity index (χ0) is 16.7. The first kappa shape index (κ1) is 17.8. The van der Waals surface area contributed by atoms with Crippen molar-refractivity contribution in [2.45, 2.75) is 21.4 Å². The van der Waals surface area contributed by atoms with Crippen LogP contribution >= 0.6 is 34.9 Å². The lowest BCUT2D eigenvalue weighted by atomic mass is 10.4. The molecule has 0 radical (unpaired) electrons. The third kappa shape index (κ3) is 5.85. The van der Waals surface area contributed by atoms with Crippen LogP contribution in [0.2, 0.25) is 0 Å². The predicted molar refractivity (Wildman–Crippen MR) is 93.0 cm³/mol. The minimum atomic E-state index is -0.330. The molecule has 0 aliphatic rings. The summed E-state index contributed by atoms with van der Waals surface area (Å²) in [6.07, 6.45) is 0. The molecule has 0 aliphatic carbocycles. The zero-order valence-electron chi connectivity index (χ0n) is 12.5. The average Bonchev–Trinajstić information content (AvgIpc) is 3.00. The summed E-state index contributed by atoms with van der Waals surface area (Å²) in [5.41, 5.74) is 0. The van der Waals surface area contributed by atoms with Gasteiger partial charge in [0.15, 0.2) is 4.34 Å². The minimum absolute atomic E-state index is 0.139. The van der Waals surface area contributed by atoms with Gasteiger partial charge < -0.3 is 4.74 Å². The van der Waals surface area contributed by atoms with Crippen LogP contribution in [0.1, 0.15) is 6.92 Å². The highest BCUT2D eigenvalue weighted by Crippen LogP contribution is 2.27. The minimum Gasteiger partial charge on any atom is -0.468 e. The smallest absolute Gasteiger partial charge is 0.316 e. The second-order valence-electron chi connectivity index (χ2n) is 4.30. The van der Waals surface area contributed by atoms with E-state index in [2.05, 4.69) is 20.3 Å². The third-order valence-corrected chi connectivity index (χ3v) is 5.66. The van der Waals surface area contributed by atoms with Gasteiger partial charge in [-0.15, -0.1) is 22.0 Å². The van der Waals surface area contributed by atoms with Gasteiger partial charge in [-0.05, 0) is 19.1 Å². The molecule has 1 amide bonds. The number of rotatable bonds is 7. The Kier molecular flexibility index (Phi) is 6.87. The van der Waals surface area contributed by atoms with Crippen molar-refractivity contribution < 1.29 is 14.3 Å². The molecular formula is C14H15N3O3S3. The van der Waals surface area contributed by atoms with Crippen molar-refractivity contribution in [3.63, 3.8) is 0 Å². The number of amides is 1. The summed E-state index contributed by atoms with van der Waals surface area (Å²) >= 11 is 3.93. The number of methoxy groups -OCH3 is 1. The highest BCUT2D eigenvalue weighted by atomic mass is 32.2. The fraction of sp³-hybridized carbons (Fsp3) is 0.286. The van der Waals surface area contributed by atoms with Gasteiger partial charge in [-0.1, -0.05) is 41.3 Å². The number of esters is 1. The fourth-order valence-corrected chi connectivity index (χ4v) is 3.94. The van der Waals surface area contributed by atoms with Crippen LogP contribution in [0.3, 0.4) is 0 Å². The van der Waals surface area contributed by atoms with Gasteiger partial charge >= 0.3 is 5.97 Å². The van der Waals surface area contributed by atoms with Gasteiger partial charge in [-0.25, -0.2) is 0 Å². The van der Waals surface area contributed by atoms with Gasteiger partial charge in [0.25, 0.3) is 0 Å². The van der Waals surface area contributed by atoms with E-state index in [0.29, 0.717) is 9.47 Å². The molecule has 0 aliphatic heterocycles. The predicted octanol–water partition coefficient (Wildman–Crippen LogP) is 2.92. The van der Waals surface area contributed by atoms with E-state index in [4.69, 9.17) is 0 Å². The van der Waals surface area contributed by atoms with Crippen molar-refractivity contribution >= 4 is 51.9 Å². The normalized spacial score (nSPS) is 11.7. The van der Waals surface area contributed by atoms with Crippen molar-refractivity contribution in [2.75, 3.05) is 18.2 Å². The van der Waals surface area contributed by atoms with Crippen molar-refractivity contribution in [2.24, 2.45) is 0 Å². The molecule has 0 saturated carbocycles. The lowest BCUT2D eigenvalue weighted by Gasteiger charge is -2.09. The van der Waals surface area contributed by atoms with E-state index < -0.39 is 0 Å². The van der Waals surface area contributed by atoms with Gasteiger partial charge in [0.05, 0.1) is 18.1 Å². The Balaban J connectivity index is 1.85. The largest absolute Gasteiger partial charge is 0.468 e. The third-order valence-electron chi connectivity index (χ3n) is 2.60. The van der Waals surface area contributed by atoms with Crippen molar-refractivity contribution in [1.29, 1.82) is 0 Å². The molecule has 0 saturated heterocycles. The second-order valence-corrected chi connectivity index (χ2v) is 7.91. The molecule has 1 unspecified atom stereocenters. The molecule has 1 atom stereocenters. The highest BCUT2D eigenvalue weighted by Gasteiger charge is 2.17. The monoisotopic (exact) mass is 369 g/mol. The number of benzene rings is 1. The van der Waals surface area contributed by atoms with E-state index in [0.717, 1.165) is 4.90 Å². The van der Waals surface area contributed by atoms with Crippen LogP contribution in [0.5, 0.6) is 0 Å². The topological polar surface area (TPSA) is 81.2 Å². The Morgan fingerprint density at radius 3 is 2.74 bits per heavy atom. The van der Waals surface area contributed by atoms with Crippen molar-refractivity contribution in [3.05, 3.63) is 30.3 Å². The molecule has 23 heavy (non-hydrogen) atoms. The van der Waals surface area contributed by atoms with E-state index in [1.165, 1.54) is 42.0 Å². The number of aromatic nitrogens is 2. The molecule has 0 bridgehead atoms. The fourth-order valence-electron chi connectivity index (χ4n) is 1.46. The molecule has 0 spiro atoms. The van der Waals surface area contributed by atoms with Gasteiger partial charge in [0.2, 0.25) is 11.0 Å². The quantitative estimate of drug-likeness (QED) is 0.456. The standard InChI is InChI=1S/C14H15N3O3S3/c1-9(22-10-6-4-3-5-7-10)12(19)15-13-16-17-14(23-13)21-8-11(18)20-2/h3-7,9H,8H2,1-2H3,(H,15,16,19). The molecule has 9 heteroatoms. The van der Waals surface area contributed by atoms with Crippen LogP contribution in [-0.4, -0.2) is 40.2 Å². The number of carbonyl (C=O) groups is 2. The lowest BCUT2D eigenvalue weighted by Crippen LogP contribution is -2.22. The number of ether oxygens (including phenoxy) is 1. The van der Waals surface area contributed by atoms with E-state index in [1.54, 1.807) is 0 Å². The summed E-state index contributed by atoms with van der Waals surface area (Å²) in [6, 6.07) is 9.72. The van der Waals surface area contributed by atoms with E-state index in [9.17, 15) is 9.59 Å². The summed E-state index contributed by atoms with van der Waals surface area (Å²) in [4.78, 5) is 24.3. The summed E-state index contributed by atoms with van der Waals surface area (Å²) in [7, 11) is 1.33. The number of hydrogen-bond acceptors (Lipinski definition) is 8. The molecule has 122 valence electrons. The van der Waals surface area contributed by atoms with Gasteiger partial charge in [0.1, 0.15) is 0 Å². The van der Waals surface area contributed by atoms with E-state index in [1.807, 2.05) is 37.3 Å². The number of anilines is 1. The van der Waals surface area contributed by atoms with Gasteiger partial charge in [0, 0.05) is 4.90 Å². The van der Waals surface area contributed by atoms with Crippen LogP contribution < -0.4 is 5.32 Å². The number of nitrogens with zero attached hydrogens (tertiary/aromatic N) is 2. The second kappa shape index (κ2) is 8.90. The summed E-state index contributed by atoms with van der Waals surface area (Å²) in [6.45, 7) is 1.83. The van der Waals surface area contributed by atoms with Crippen LogP contribution in [0.4, 0.5) is 5.13 Å². The van der Waals surface area contributed by atoms with E-state index >= 15 is 0 Å². The van der Waals surface area contributed by atoms with E-state index in [-0.39, 0.29) is 22.9 Å². The number of hydrogen-bond donors (Lipinski definition) is 1. The number of thioether (sulfide) groups is 2. The Morgan fingerprint density at radius 2 is 2.04 bits per heavy atom. The van der Waals surface area contributed by atoms with Gasteiger partial charge in [-0.2, -0.15) is 0 Å². The molecule has 1 aromatic heterocycles.